The number of amides is 1. The molecule has 0 aromatic heterocycles. The molecule has 1 N–H and O–H groups in total. The number of rotatable bonds is 3. The average molecular weight is 254 g/mol. The van der Waals surface area contributed by atoms with Crippen molar-refractivity contribution in [2.75, 3.05) is 7.11 Å². The van der Waals surface area contributed by atoms with Crippen LogP contribution in [0.5, 0.6) is 0 Å². The van der Waals surface area contributed by atoms with Crippen molar-refractivity contribution in [3.63, 3.8) is 0 Å². The average Bonchev–Trinajstić information content (AvgIpc) is 2.35. The minimum atomic E-state index is -0.686. The molecule has 4 nitrogen and oxygen atoms in total. The Bertz CT molecular complexity index is 454. The van der Waals surface area contributed by atoms with E-state index < -0.39 is 5.97 Å². The number of nitrogens with one attached hydrogen (secondary N) is 1. The van der Waals surface area contributed by atoms with Crippen LogP contribution >= 0.6 is 11.6 Å². The molecule has 0 aliphatic heterocycles. The number of carbonyl (C=O) groups excluding carboxylic acids is 2. The molecule has 0 bridgehead atoms. The first-order chi connectivity index (χ1) is 8.06. The van der Waals surface area contributed by atoms with Crippen LogP contribution in [0.1, 0.15) is 12.5 Å². The standard InChI is InChI=1S/C12H12ClNO3/c1-8(15)14-11(12(16)17-2)10(13)9-6-4-3-5-7-9/h3-7H,1-2H3,(H,14,15). The predicted octanol–water partition coefficient (Wildman–Crippen LogP) is 1.90. The maximum atomic E-state index is 11.5. The molecular formula is C12H12ClNO3. The van der Waals surface area contributed by atoms with Gasteiger partial charge in [-0.1, -0.05) is 41.9 Å². The zero-order valence-electron chi connectivity index (χ0n) is 9.49. The summed E-state index contributed by atoms with van der Waals surface area (Å²) in [5.74, 6) is -1.08. The second kappa shape index (κ2) is 6.06. The molecule has 0 unspecified atom stereocenters. The van der Waals surface area contributed by atoms with E-state index in [0.29, 0.717) is 5.56 Å². The second-order valence-electron chi connectivity index (χ2n) is 3.23. The Labute approximate surface area is 104 Å². The molecule has 1 aromatic carbocycles. The number of methoxy groups -OCH3 is 1. The third-order valence-corrected chi connectivity index (χ3v) is 2.34. The minimum Gasteiger partial charge on any atom is -0.464 e. The van der Waals surface area contributed by atoms with Crippen LogP contribution in [0, 0.1) is 0 Å². The lowest BCUT2D eigenvalue weighted by molar-refractivity contribution is -0.137. The summed E-state index contributed by atoms with van der Waals surface area (Å²) in [6.07, 6.45) is 0. The summed E-state index contributed by atoms with van der Waals surface area (Å²) < 4.78 is 4.56. The first kappa shape index (κ1) is 13.3. The van der Waals surface area contributed by atoms with Gasteiger partial charge in [0, 0.05) is 6.92 Å². The van der Waals surface area contributed by atoms with E-state index in [2.05, 4.69) is 10.1 Å². The maximum Gasteiger partial charge on any atom is 0.356 e. The van der Waals surface area contributed by atoms with Crippen molar-refractivity contribution in [3.8, 4) is 0 Å². The van der Waals surface area contributed by atoms with Gasteiger partial charge in [-0.2, -0.15) is 0 Å². The molecule has 0 aliphatic rings. The van der Waals surface area contributed by atoms with E-state index >= 15 is 0 Å². The Kier molecular flexibility index (Phi) is 4.72. The Hall–Kier alpha value is -1.81. The number of hydrogen-bond acceptors (Lipinski definition) is 3. The van der Waals surface area contributed by atoms with Gasteiger partial charge in [-0.05, 0) is 5.56 Å². The molecule has 0 fully saturated rings. The highest BCUT2D eigenvalue weighted by atomic mass is 35.5. The van der Waals surface area contributed by atoms with Crippen molar-refractivity contribution >= 4 is 28.5 Å². The monoisotopic (exact) mass is 253 g/mol. The molecule has 0 saturated carbocycles. The van der Waals surface area contributed by atoms with Crippen LogP contribution in [0.25, 0.3) is 5.03 Å². The predicted molar refractivity (Wildman–Crippen MR) is 65.0 cm³/mol. The first-order valence-corrected chi connectivity index (χ1v) is 5.25. The summed E-state index contributed by atoms with van der Waals surface area (Å²) in [4.78, 5) is 22.5. The highest BCUT2D eigenvalue weighted by Gasteiger charge is 2.17. The molecule has 17 heavy (non-hydrogen) atoms. The minimum absolute atomic E-state index is 0.0622. The van der Waals surface area contributed by atoms with Crippen molar-refractivity contribution in [2.24, 2.45) is 0 Å². The van der Waals surface area contributed by atoms with E-state index in [1.165, 1.54) is 14.0 Å². The highest BCUT2D eigenvalue weighted by Crippen LogP contribution is 2.22. The van der Waals surface area contributed by atoms with Gasteiger partial charge in [0.15, 0.2) is 0 Å². The quantitative estimate of drug-likeness (QED) is 0.661. The topological polar surface area (TPSA) is 55.4 Å². The molecule has 1 rings (SSSR count). The van der Waals surface area contributed by atoms with Crippen LogP contribution in [0.4, 0.5) is 0 Å². The summed E-state index contributed by atoms with van der Waals surface area (Å²) in [5, 5.41) is 2.51. The van der Waals surface area contributed by atoms with Gasteiger partial charge in [-0.15, -0.1) is 0 Å². The SMILES string of the molecule is COC(=O)C(NC(C)=O)=C(Cl)c1ccccc1. The maximum absolute atomic E-state index is 11.5. The Morgan fingerprint density at radius 1 is 1.24 bits per heavy atom. The van der Waals surface area contributed by atoms with E-state index in [-0.39, 0.29) is 16.6 Å². The molecule has 1 aromatic rings. The summed E-state index contributed by atoms with van der Waals surface area (Å²) in [6.45, 7) is 1.29. The molecule has 0 aliphatic carbocycles. The first-order valence-electron chi connectivity index (χ1n) is 4.87. The number of benzene rings is 1. The molecular weight excluding hydrogens is 242 g/mol. The lowest BCUT2D eigenvalue weighted by atomic mass is 10.2. The zero-order chi connectivity index (χ0) is 12.8. The van der Waals surface area contributed by atoms with E-state index in [1.807, 2.05) is 6.07 Å². The summed E-state index contributed by atoms with van der Waals surface area (Å²) in [5.41, 5.74) is 0.566. The van der Waals surface area contributed by atoms with Crippen molar-refractivity contribution in [1.82, 2.24) is 5.32 Å². The van der Waals surface area contributed by atoms with Gasteiger partial charge in [0.1, 0.15) is 5.70 Å². The Morgan fingerprint density at radius 2 is 1.82 bits per heavy atom. The Morgan fingerprint density at radius 3 is 2.29 bits per heavy atom. The molecule has 0 atom stereocenters. The Balaban J connectivity index is 3.18. The van der Waals surface area contributed by atoms with Crippen molar-refractivity contribution in [1.29, 1.82) is 0 Å². The number of hydrogen-bond donors (Lipinski definition) is 1. The lowest BCUT2D eigenvalue weighted by Crippen LogP contribution is -2.26. The molecule has 90 valence electrons. The second-order valence-corrected chi connectivity index (χ2v) is 3.61. The normalized spacial score (nSPS) is 11.5. The molecule has 0 heterocycles. The zero-order valence-corrected chi connectivity index (χ0v) is 10.2. The summed E-state index contributed by atoms with van der Waals surface area (Å²) in [7, 11) is 1.22. The van der Waals surface area contributed by atoms with Crippen molar-refractivity contribution in [3.05, 3.63) is 41.6 Å². The van der Waals surface area contributed by atoms with Gasteiger partial charge in [0.05, 0.1) is 12.1 Å². The van der Waals surface area contributed by atoms with Gasteiger partial charge in [0.25, 0.3) is 0 Å². The van der Waals surface area contributed by atoms with Crippen LogP contribution in [-0.4, -0.2) is 19.0 Å². The molecule has 0 saturated heterocycles. The van der Waals surface area contributed by atoms with Crippen molar-refractivity contribution in [2.45, 2.75) is 6.92 Å². The van der Waals surface area contributed by atoms with Crippen LogP contribution in [-0.2, 0) is 14.3 Å². The van der Waals surface area contributed by atoms with Crippen LogP contribution in [0.2, 0.25) is 0 Å². The third kappa shape index (κ3) is 3.60. The van der Waals surface area contributed by atoms with E-state index in [9.17, 15) is 9.59 Å². The molecule has 1 amide bonds. The summed E-state index contributed by atoms with van der Waals surface area (Å²) in [6, 6.07) is 8.84. The fourth-order valence-electron chi connectivity index (χ4n) is 1.20. The van der Waals surface area contributed by atoms with Crippen LogP contribution in [0.15, 0.2) is 36.0 Å². The van der Waals surface area contributed by atoms with Gasteiger partial charge in [0.2, 0.25) is 5.91 Å². The van der Waals surface area contributed by atoms with Crippen molar-refractivity contribution < 1.29 is 14.3 Å². The van der Waals surface area contributed by atoms with E-state index in [1.54, 1.807) is 24.3 Å². The van der Waals surface area contributed by atoms with E-state index in [0.717, 1.165) is 0 Å². The van der Waals surface area contributed by atoms with Crippen LogP contribution in [0.3, 0.4) is 0 Å². The third-order valence-electron chi connectivity index (χ3n) is 1.94. The smallest absolute Gasteiger partial charge is 0.356 e. The number of esters is 1. The number of halogens is 1. The van der Waals surface area contributed by atoms with Gasteiger partial charge in [-0.3, -0.25) is 4.79 Å². The molecule has 5 heteroatoms. The molecule has 0 spiro atoms. The number of ether oxygens (including phenoxy) is 1. The van der Waals surface area contributed by atoms with E-state index in [4.69, 9.17) is 11.6 Å². The highest BCUT2D eigenvalue weighted by molar-refractivity contribution is 6.51. The lowest BCUT2D eigenvalue weighted by Gasteiger charge is -2.09. The summed E-state index contributed by atoms with van der Waals surface area (Å²) >= 11 is 6.05. The fraction of sp³-hybridized carbons (Fsp3) is 0.167. The largest absolute Gasteiger partial charge is 0.464 e. The van der Waals surface area contributed by atoms with Gasteiger partial charge < -0.3 is 10.1 Å². The van der Waals surface area contributed by atoms with Gasteiger partial charge >= 0.3 is 5.97 Å². The van der Waals surface area contributed by atoms with Crippen LogP contribution < -0.4 is 5.32 Å². The number of carbonyl (C=O) groups is 2. The molecule has 0 radical (unpaired) electrons. The van der Waals surface area contributed by atoms with Gasteiger partial charge in [-0.25, -0.2) is 4.79 Å². The fourth-order valence-corrected chi connectivity index (χ4v) is 1.45.